The number of halogens is 2. The van der Waals surface area contributed by atoms with Gasteiger partial charge in [-0.15, -0.1) is 24.0 Å². The van der Waals surface area contributed by atoms with Crippen molar-refractivity contribution in [2.24, 2.45) is 4.99 Å². The molecule has 0 aromatic heterocycles. The van der Waals surface area contributed by atoms with Crippen LogP contribution < -0.4 is 21.3 Å². The third kappa shape index (κ3) is 10.5. The number of aliphatic imine (C=N–C) groups is 1. The normalized spacial score (nSPS) is 11.2. The molecule has 0 saturated carbocycles. The average molecular weight is 465 g/mol. The highest BCUT2D eigenvalue weighted by Crippen LogP contribution is 2.08. The van der Waals surface area contributed by atoms with Crippen LogP contribution in [0, 0.1) is 5.82 Å². The van der Waals surface area contributed by atoms with Crippen LogP contribution in [0.4, 0.5) is 10.1 Å². The first kappa shape index (κ1) is 23.1. The number of hydrogen-bond acceptors (Lipinski definition) is 3. The van der Waals surface area contributed by atoms with Crippen LogP contribution in [0.2, 0.25) is 0 Å². The van der Waals surface area contributed by atoms with E-state index in [1.165, 1.54) is 25.2 Å². The van der Waals surface area contributed by atoms with Gasteiger partial charge >= 0.3 is 0 Å². The summed E-state index contributed by atoms with van der Waals surface area (Å²) in [6, 6.07) is 5.61. The van der Waals surface area contributed by atoms with Crippen LogP contribution in [0.5, 0.6) is 0 Å². The summed E-state index contributed by atoms with van der Waals surface area (Å²) in [5.74, 6) is -0.658. The molecule has 140 valence electrons. The van der Waals surface area contributed by atoms with Gasteiger partial charge in [-0.2, -0.15) is 0 Å². The van der Waals surface area contributed by atoms with Crippen molar-refractivity contribution in [2.45, 2.75) is 26.3 Å². The molecule has 0 heterocycles. The van der Waals surface area contributed by atoms with Gasteiger partial charge in [0.05, 0.1) is 13.1 Å². The standard InChI is InChI=1S/C16H24FN5O2.HI/c1-16(2,3)22-14(24)10-20-15(18-4)19-9-13(23)21-12-7-5-6-11(17)8-12;/h5-8H,9-10H2,1-4H3,(H,21,23)(H,22,24)(H2,18,19,20);1H. The molecular formula is C16H25FIN5O2. The number of guanidine groups is 1. The van der Waals surface area contributed by atoms with Gasteiger partial charge in [0.2, 0.25) is 11.8 Å². The molecule has 1 rings (SSSR count). The Morgan fingerprint density at radius 1 is 1.12 bits per heavy atom. The fraction of sp³-hybridized carbons (Fsp3) is 0.438. The largest absolute Gasteiger partial charge is 0.350 e. The van der Waals surface area contributed by atoms with Gasteiger partial charge in [0, 0.05) is 18.3 Å². The van der Waals surface area contributed by atoms with Gasteiger partial charge in [0.25, 0.3) is 0 Å². The minimum Gasteiger partial charge on any atom is -0.350 e. The molecule has 2 amide bonds. The molecule has 0 spiro atoms. The number of benzene rings is 1. The zero-order chi connectivity index (χ0) is 18.2. The van der Waals surface area contributed by atoms with E-state index >= 15 is 0 Å². The summed E-state index contributed by atoms with van der Waals surface area (Å²) < 4.78 is 13.0. The SMILES string of the molecule is CN=C(NCC(=O)Nc1cccc(F)c1)NCC(=O)NC(C)(C)C.I. The molecule has 0 saturated heterocycles. The van der Waals surface area contributed by atoms with E-state index in [9.17, 15) is 14.0 Å². The molecule has 0 unspecified atom stereocenters. The first-order valence-electron chi connectivity index (χ1n) is 7.50. The molecule has 0 bridgehead atoms. The zero-order valence-corrected chi connectivity index (χ0v) is 17.1. The topological polar surface area (TPSA) is 94.6 Å². The summed E-state index contributed by atoms with van der Waals surface area (Å²) in [5.41, 5.74) is 0.0508. The third-order valence-electron chi connectivity index (χ3n) is 2.68. The molecule has 9 heteroatoms. The Morgan fingerprint density at radius 3 is 2.24 bits per heavy atom. The second-order valence-electron chi connectivity index (χ2n) is 6.14. The van der Waals surface area contributed by atoms with E-state index in [0.29, 0.717) is 11.6 Å². The van der Waals surface area contributed by atoms with Crippen molar-refractivity contribution in [3.63, 3.8) is 0 Å². The van der Waals surface area contributed by atoms with Gasteiger partial charge in [-0.25, -0.2) is 4.39 Å². The lowest BCUT2D eigenvalue weighted by Gasteiger charge is -2.21. The number of nitrogens with zero attached hydrogens (tertiary/aromatic N) is 1. The monoisotopic (exact) mass is 465 g/mol. The lowest BCUT2D eigenvalue weighted by atomic mass is 10.1. The first-order valence-corrected chi connectivity index (χ1v) is 7.50. The van der Waals surface area contributed by atoms with Crippen LogP contribution in [0.15, 0.2) is 29.3 Å². The minimum atomic E-state index is -0.428. The molecule has 7 nitrogen and oxygen atoms in total. The Bertz CT molecular complexity index is 617. The number of nitrogens with one attached hydrogen (secondary N) is 4. The van der Waals surface area contributed by atoms with E-state index in [1.807, 2.05) is 20.8 Å². The predicted octanol–water partition coefficient (Wildman–Crippen LogP) is 1.46. The molecule has 0 aliphatic rings. The quantitative estimate of drug-likeness (QED) is 0.301. The van der Waals surface area contributed by atoms with Gasteiger partial charge in [-0.1, -0.05) is 6.07 Å². The molecule has 0 radical (unpaired) electrons. The number of amides is 2. The zero-order valence-electron chi connectivity index (χ0n) is 14.8. The first-order chi connectivity index (χ1) is 11.2. The molecule has 0 aliphatic carbocycles. The number of hydrogen-bond donors (Lipinski definition) is 4. The van der Waals surface area contributed by atoms with Gasteiger partial charge in [0.15, 0.2) is 5.96 Å². The summed E-state index contributed by atoms with van der Waals surface area (Å²) in [6.45, 7) is 5.61. The van der Waals surface area contributed by atoms with E-state index in [-0.39, 0.29) is 54.4 Å². The van der Waals surface area contributed by atoms with Crippen molar-refractivity contribution in [2.75, 3.05) is 25.5 Å². The summed E-state index contributed by atoms with van der Waals surface area (Å²) >= 11 is 0. The van der Waals surface area contributed by atoms with E-state index in [0.717, 1.165) is 0 Å². The summed E-state index contributed by atoms with van der Waals surface area (Å²) in [5, 5.41) is 10.9. The van der Waals surface area contributed by atoms with E-state index < -0.39 is 5.82 Å². The third-order valence-corrected chi connectivity index (χ3v) is 2.68. The lowest BCUT2D eigenvalue weighted by Crippen LogP contribution is -2.49. The van der Waals surface area contributed by atoms with Crippen LogP contribution in [-0.4, -0.2) is 43.5 Å². The highest BCUT2D eigenvalue weighted by Gasteiger charge is 2.13. The second kappa shape index (κ2) is 10.9. The summed E-state index contributed by atoms with van der Waals surface area (Å²) in [7, 11) is 1.53. The maximum absolute atomic E-state index is 13.0. The Balaban J connectivity index is 0.00000576. The van der Waals surface area contributed by atoms with Gasteiger partial charge in [-0.3, -0.25) is 14.6 Å². The van der Waals surface area contributed by atoms with Crippen LogP contribution in [0.3, 0.4) is 0 Å². The van der Waals surface area contributed by atoms with Gasteiger partial charge < -0.3 is 21.3 Å². The molecule has 0 atom stereocenters. The maximum Gasteiger partial charge on any atom is 0.243 e. The fourth-order valence-electron chi connectivity index (χ4n) is 1.78. The minimum absolute atomic E-state index is 0. The second-order valence-corrected chi connectivity index (χ2v) is 6.14. The smallest absolute Gasteiger partial charge is 0.243 e. The molecule has 25 heavy (non-hydrogen) atoms. The van der Waals surface area contributed by atoms with Crippen LogP contribution in [-0.2, 0) is 9.59 Å². The molecular weight excluding hydrogens is 440 g/mol. The fourth-order valence-corrected chi connectivity index (χ4v) is 1.78. The van der Waals surface area contributed by atoms with Crippen LogP contribution in [0.25, 0.3) is 0 Å². The van der Waals surface area contributed by atoms with Crippen molar-refractivity contribution in [1.29, 1.82) is 0 Å². The Hall–Kier alpha value is -1.91. The molecule has 4 N–H and O–H groups in total. The molecule has 0 aliphatic heterocycles. The lowest BCUT2D eigenvalue weighted by molar-refractivity contribution is -0.121. The average Bonchev–Trinajstić information content (AvgIpc) is 2.45. The number of carbonyl (C=O) groups excluding carboxylic acids is 2. The van der Waals surface area contributed by atoms with Crippen molar-refractivity contribution in [3.05, 3.63) is 30.1 Å². The van der Waals surface area contributed by atoms with Crippen molar-refractivity contribution >= 4 is 47.4 Å². The van der Waals surface area contributed by atoms with E-state index in [2.05, 4.69) is 26.3 Å². The number of rotatable bonds is 5. The molecule has 0 fully saturated rings. The van der Waals surface area contributed by atoms with Crippen molar-refractivity contribution in [1.82, 2.24) is 16.0 Å². The predicted molar refractivity (Wildman–Crippen MR) is 108 cm³/mol. The summed E-state index contributed by atoms with van der Waals surface area (Å²) in [4.78, 5) is 27.5. The summed E-state index contributed by atoms with van der Waals surface area (Å²) in [6.07, 6.45) is 0. The van der Waals surface area contributed by atoms with Crippen LogP contribution in [0.1, 0.15) is 20.8 Å². The number of carbonyl (C=O) groups is 2. The maximum atomic E-state index is 13.0. The Labute approximate surface area is 164 Å². The highest BCUT2D eigenvalue weighted by atomic mass is 127. The van der Waals surface area contributed by atoms with E-state index in [4.69, 9.17) is 0 Å². The Kier molecular flexibility index (Phi) is 10.0. The van der Waals surface area contributed by atoms with Gasteiger partial charge in [-0.05, 0) is 39.0 Å². The van der Waals surface area contributed by atoms with Gasteiger partial charge in [0.1, 0.15) is 5.82 Å². The van der Waals surface area contributed by atoms with Crippen molar-refractivity contribution in [3.8, 4) is 0 Å². The number of anilines is 1. The van der Waals surface area contributed by atoms with Crippen LogP contribution >= 0.6 is 24.0 Å². The molecule has 1 aromatic rings. The van der Waals surface area contributed by atoms with E-state index in [1.54, 1.807) is 6.07 Å². The Morgan fingerprint density at radius 2 is 1.72 bits per heavy atom. The highest BCUT2D eigenvalue weighted by molar-refractivity contribution is 14.0. The molecule has 1 aromatic carbocycles. The van der Waals surface area contributed by atoms with Crippen molar-refractivity contribution < 1.29 is 14.0 Å².